The number of ether oxygens (including phenoxy) is 1. The van der Waals surface area contributed by atoms with Gasteiger partial charge in [0.1, 0.15) is 17.5 Å². The summed E-state index contributed by atoms with van der Waals surface area (Å²) in [6, 6.07) is 0. The second kappa shape index (κ2) is 5.31. The molecule has 0 radical (unpaired) electrons. The molecule has 0 aliphatic carbocycles. The largest absolute Gasteiger partial charge is 0.383 e. The van der Waals surface area contributed by atoms with E-state index in [9.17, 15) is 0 Å². The van der Waals surface area contributed by atoms with Gasteiger partial charge in [-0.2, -0.15) is 0 Å². The molecule has 0 bridgehead atoms. The van der Waals surface area contributed by atoms with Gasteiger partial charge in [-0.25, -0.2) is 9.97 Å². The second-order valence-electron chi connectivity index (χ2n) is 4.50. The molecule has 0 saturated carbocycles. The zero-order valence-corrected chi connectivity index (χ0v) is 10.5. The van der Waals surface area contributed by atoms with Crippen LogP contribution in [-0.4, -0.2) is 29.2 Å². The lowest BCUT2D eigenvalue weighted by Crippen LogP contribution is -2.27. The highest BCUT2D eigenvalue weighted by Gasteiger charge is 2.14. The van der Waals surface area contributed by atoms with Crippen LogP contribution in [0.4, 0.5) is 11.6 Å². The van der Waals surface area contributed by atoms with Crippen molar-refractivity contribution in [2.45, 2.75) is 39.2 Å². The summed E-state index contributed by atoms with van der Waals surface area (Å²) in [5.74, 6) is 2.06. The van der Waals surface area contributed by atoms with Gasteiger partial charge >= 0.3 is 0 Å². The lowest BCUT2D eigenvalue weighted by Gasteiger charge is -2.23. The maximum absolute atomic E-state index is 5.81. The molecule has 1 aromatic heterocycles. The van der Waals surface area contributed by atoms with Gasteiger partial charge in [-0.05, 0) is 33.1 Å². The molecule has 1 unspecified atom stereocenters. The normalized spacial score (nSPS) is 20.2. The topological polar surface area (TPSA) is 73.1 Å². The van der Waals surface area contributed by atoms with E-state index >= 15 is 0 Å². The van der Waals surface area contributed by atoms with Crippen molar-refractivity contribution in [1.29, 1.82) is 0 Å². The van der Waals surface area contributed by atoms with Crippen LogP contribution in [0.5, 0.6) is 0 Å². The van der Waals surface area contributed by atoms with Crippen LogP contribution in [0.3, 0.4) is 0 Å². The second-order valence-corrected chi connectivity index (χ2v) is 4.50. The molecule has 17 heavy (non-hydrogen) atoms. The summed E-state index contributed by atoms with van der Waals surface area (Å²) in [5, 5.41) is 3.31. The Labute approximate surface area is 102 Å². The van der Waals surface area contributed by atoms with Gasteiger partial charge in [-0.15, -0.1) is 0 Å². The highest BCUT2D eigenvalue weighted by molar-refractivity contribution is 5.54. The van der Waals surface area contributed by atoms with Gasteiger partial charge in [-0.3, -0.25) is 0 Å². The van der Waals surface area contributed by atoms with Crippen molar-refractivity contribution >= 4 is 11.6 Å². The standard InChI is InChI=1S/C12H20N4O/c1-8-11(13)15-9(2)16-12(8)14-7-10-5-3-4-6-17-10/h10H,3-7H2,1-2H3,(H3,13,14,15,16). The maximum atomic E-state index is 5.81. The molecule has 94 valence electrons. The molecule has 1 saturated heterocycles. The molecule has 1 atom stereocenters. The third-order valence-corrected chi connectivity index (χ3v) is 3.07. The van der Waals surface area contributed by atoms with Gasteiger partial charge in [0.15, 0.2) is 0 Å². The van der Waals surface area contributed by atoms with E-state index in [1.165, 1.54) is 12.8 Å². The molecular formula is C12H20N4O. The Morgan fingerprint density at radius 3 is 2.88 bits per heavy atom. The first-order chi connectivity index (χ1) is 8.16. The van der Waals surface area contributed by atoms with Crippen LogP contribution in [0.1, 0.15) is 30.7 Å². The van der Waals surface area contributed by atoms with Gasteiger partial charge in [0.2, 0.25) is 0 Å². The number of nitrogens with zero attached hydrogens (tertiary/aromatic N) is 2. The first kappa shape index (κ1) is 12.1. The van der Waals surface area contributed by atoms with Crippen molar-refractivity contribution in [2.75, 3.05) is 24.2 Å². The monoisotopic (exact) mass is 236 g/mol. The van der Waals surface area contributed by atoms with Crippen LogP contribution < -0.4 is 11.1 Å². The first-order valence-electron chi connectivity index (χ1n) is 6.13. The molecule has 0 spiro atoms. The Hall–Kier alpha value is -1.36. The van der Waals surface area contributed by atoms with Crippen molar-refractivity contribution in [2.24, 2.45) is 0 Å². The molecule has 3 N–H and O–H groups in total. The number of anilines is 2. The third kappa shape index (κ3) is 3.06. The average Bonchev–Trinajstić information content (AvgIpc) is 2.33. The number of hydrogen-bond acceptors (Lipinski definition) is 5. The predicted octanol–water partition coefficient (Wildman–Crippen LogP) is 1.66. The molecule has 2 heterocycles. The van der Waals surface area contributed by atoms with Gasteiger partial charge in [0, 0.05) is 18.7 Å². The fourth-order valence-electron chi connectivity index (χ4n) is 2.00. The van der Waals surface area contributed by atoms with E-state index in [0.717, 1.165) is 31.0 Å². The van der Waals surface area contributed by atoms with Crippen LogP contribution in [0, 0.1) is 13.8 Å². The number of nitrogens with one attached hydrogen (secondary N) is 1. The predicted molar refractivity (Wildman–Crippen MR) is 68.0 cm³/mol. The van der Waals surface area contributed by atoms with E-state index in [0.29, 0.717) is 17.7 Å². The summed E-state index contributed by atoms with van der Waals surface area (Å²) in [6.45, 7) is 5.43. The Kier molecular flexibility index (Phi) is 3.78. The van der Waals surface area contributed by atoms with E-state index in [1.54, 1.807) is 0 Å². The molecule has 0 amide bonds. The van der Waals surface area contributed by atoms with Gasteiger partial charge in [-0.1, -0.05) is 0 Å². The summed E-state index contributed by atoms with van der Waals surface area (Å²) in [5.41, 5.74) is 6.72. The van der Waals surface area contributed by atoms with E-state index in [1.807, 2.05) is 13.8 Å². The fraction of sp³-hybridized carbons (Fsp3) is 0.667. The zero-order chi connectivity index (χ0) is 12.3. The number of aryl methyl sites for hydroxylation is 1. The van der Waals surface area contributed by atoms with Crippen molar-refractivity contribution in [3.63, 3.8) is 0 Å². The van der Waals surface area contributed by atoms with E-state index in [2.05, 4.69) is 15.3 Å². The molecule has 1 fully saturated rings. The summed E-state index contributed by atoms with van der Waals surface area (Å²) in [4.78, 5) is 8.48. The molecule has 2 rings (SSSR count). The van der Waals surface area contributed by atoms with Gasteiger partial charge < -0.3 is 15.8 Å². The molecule has 1 aliphatic rings. The smallest absolute Gasteiger partial charge is 0.134 e. The lowest BCUT2D eigenvalue weighted by molar-refractivity contribution is 0.0247. The molecule has 0 aromatic carbocycles. The van der Waals surface area contributed by atoms with E-state index in [4.69, 9.17) is 10.5 Å². The number of rotatable bonds is 3. The Bertz CT molecular complexity index is 388. The number of nitrogen functional groups attached to an aromatic ring is 1. The van der Waals surface area contributed by atoms with Crippen molar-refractivity contribution in [3.05, 3.63) is 11.4 Å². The Balaban J connectivity index is 1.98. The van der Waals surface area contributed by atoms with E-state index in [-0.39, 0.29) is 0 Å². The van der Waals surface area contributed by atoms with Crippen LogP contribution in [0.2, 0.25) is 0 Å². The molecule has 1 aliphatic heterocycles. The third-order valence-electron chi connectivity index (χ3n) is 3.07. The Morgan fingerprint density at radius 2 is 2.18 bits per heavy atom. The van der Waals surface area contributed by atoms with Crippen molar-refractivity contribution in [1.82, 2.24) is 9.97 Å². The summed E-state index contributed by atoms with van der Waals surface area (Å²) in [6.07, 6.45) is 3.83. The quantitative estimate of drug-likeness (QED) is 0.835. The van der Waals surface area contributed by atoms with Crippen molar-refractivity contribution < 1.29 is 4.74 Å². The minimum absolute atomic E-state index is 0.291. The van der Waals surface area contributed by atoms with Crippen LogP contribution >= 0.6 is 0 Å². The number of hydrogen-bond donors (Lipinski definition) is 2. The highest BCUT2D eigenvalue weighted by atomic mass is 16.5. The lowest BCUT2D eigenvalue weighted by atomic mass is 10.1. The van der Waals surface area contributed by atoms with Gasteiger partial charge in [0.05, 0.1) is 6.10 Å². The Morgan fingerprint density at radius 1 is 1.35 bits per heavy atom. The zero-order valence-electron chi connectivity index (χ0n) is 10.5. The first-order valence-corrected chi connectivity index (χ1v) is 6.13. The van der Waals surface area contributed by atoms with Crippen LogP contribution in [-0.2, 0) is 4.74 Å². The SMILES string of the molecule is Cc1nc(N)c(C)c(NCC2CCCCO2)n1. The van der Waals surface area contributed by atoms with Crippen LogP contribution in [0.15, 0.2) is 0 Å². The molecular weight excluding hydrogens is 216 g/mol. The van der Waals surface area contributed by atoms with Crippen LogP contribution in [0.25, 0.3) is 0 Å². The van der Waals surface area contributed by atoms with Crippen molar-refractivity contribution in [3.8, 4) is 0 Å². The summed E-state index contributed by atoms with van der Waals surface area (Å²) < 4.78 is 5.66. The highest BCUT2D eigenvalue weighted by Crippen LogP contribution is 2.18. The summed E-state index contributed by atoms with van der Waals surface area (Å²) >= 11 is 0. The average molecular weight is 236 g/mol. The minimum atomic E-state index is 0.291. The molecule has 1 aromatic rings. The molecule has 5 heteroatoms. The minimum Gasteiger partial charge on any atom is -0.383 e. The number of nitrogens with two attached hydrogens (primary N) is 1. The summed E-state index contributed by atoms with van der Waals surface area (Å²) in [7, 11) is 0. The molecule has 5 nitrogen and oxygen atoms in total. The number of aromatic nitrogens is 2. The van der Waals surface area contributed by atoms with E-state index < -0.39 is 0 Å². The van der Waals surface area contributed by atoms with Gasteiger partial charge in [0.25, 0.3) is 0 Å². The maximum Gasteiger partial charge on any atom is 0.134 e. The fourth-order valence-corrected chi connectivity index (χ4v) is 2.00.